The smallest absolute Gasteiger partial charge is 0.374 e. The van der Waals surface area contributed by atoms with Gasteiger partial charge in [0.25, 0.3) is 5.91 Å². The molecule has 1 amide bonds. The van der Waals surface area contributed by atoms with Crippen molar-refractivity contribution >= 4 is 11.9 Å². The third-order valence-electron chi connectivity index (χ3n) is 3.02. The minimum Gasteiger partial charge on any atom is -0.475 e. The lowest BCUT2D eigenvalue weighted by Gasteiger charge is -2.33. The molecule has 1 aromatic rings. The number of aliphatic hydroxyl groups is 1. The van der Waals surface area contributed by atoms with E-state index in [2.05, 4.69) is 14.6 Å². The summed E-state index contributed by atoms with van der Waals surface area (Å²) in [5.74, 6) is -1.93. The Bertz CT molecular complexity index is 465. The van der Waals surface area contributed by atoms with Crippen molar-refractivity contribution in [2.75, 3.05) is 39.3 Å². The van der Waals surface area contributed by atoms with Gasteiger partial charge in [0.15, 0.2) is 5.69 Å². The SMILES string of the molecule is O=C(O)c1cc(C(=O)N2CCN(CCO)CC2)no1. The molecule has 8 nitrogen and oxygen atoms in total. The van der Waals surface area contributed by atoms with Crippen LogP contribution in [0.1, 0.15) is 21.0 Å². The molecule has 0 saturated carbocycles. The molecule has 0 aromatic carbocycles. The second-order valence-electron chi connectivity index (χ2n) is 4.24. The number of hydrogen-bond acceptors (Lipinski definition) is 6. The van der Waals surface area contributed by atoms with Crippen molar-refractivity contribution in [3.8, 4) is 0 Å². The van der Waals surface area contributed by atoms with Crippen LogP contribution in [0.25, 0.3) is 0 Å². The van der Waals surface area contributed by atoms with Gasteiger partial charge in [0.1, 0.15) is 0 Å². The molecule has 0 atom stereocenters. The summed E-state index contributed by atoms with van der Waals surface area (Å²) >= 11 is 0. The fraction of sp³-hybridized carbons (Fsp3) is 0.545. The predicted octanol–water partition coefficient (Wildman–Crippen LogP) is -0.877. The number of nitrogens with zero attached hydrogens (tertiary/aromatic N) is 3. The first kappa shape index (κ1) is 13.5. The van der Waals surface area contributed by atoms with E-state index in [0.717, 1.165) is 6.07 Å². The molecule has 0 aliphatic carbocycles. The third kappa shape index (κ3) is 3.09. The Morgan fingerprint density at radius 2 is 2.00 bits per heavy atom. The van der Waals surface area contributed by atoms with Crippen molar-refractivity contribution in [1.82, 2.24) is 15.0 Å². The van der Waals surface area contributed by atoms with Gasteiger partial charge in [-0.15, -0.1) is 0 Å². The van der Waals surface area contributed by atoms with Gasteiger partial charge >= 0.3 is 5.97 Å². The highest BCUT2D eigenvalue weighted by Gasteiger charge is 2.25. The van der Waals surface area contributed by atoms with E-state index in [1.807, 2.05) is 0 Å². The summed E-state index contributed by atoms with van der Waals surface area (Å²) in [6.07, 6.45) is 0. The van der Waals surface area contributed by atoms with Crippen LogP contribution in [-0.4, -0.2) is 76.4 Å². The number of carboxylic acids is 1. The average molecular weight is 269 g/mol. The number of aliphatic hydroxyl groups excluding tert-OH is 1. The van der Waals surface area contributed by atoms with E-state index in [0.29, 0.717) is 32.7 Å². The second-order valence-corrected chi connectivity index (χ2v) is 4.24. The first-order chi connectivity index (χ1) is 9.11. The first-order valence-corrected chi connectivity index (χ1v) is 5.94. The van der Waals surface area contributed by atoms with Crippen molar-refractivity contribution in [2.45, 2.75) is 0 Å². The summed E-state index contributed by atoms with van der Waals surface area (Å²) < 4.78 is 4.56. The van der Waals surface area contributed by atoms with E-state index < -0.39 is 5.97 Å². The molecule has 8 heteroatoms. The minimum absolute atomic E-state index is 0.00741. The van der Waals surface area contributed by atoms with Crippen LogP contribution in [0.4, 0.5) is 0 Å². The number of carboxylic acid groups (broad SMARTS) is 1. The summed E-state index contributed by atoms with van der Waals surface area (Å²) in [7, 11) is 0. The van der Waals surface area contributed by atoms with E-state index in [9.17, 15) is 9.59 Å². The molecule has 1 aliphatic heterocycles. The first-order valence-electron chi connectivity index (χ1n) is 5.94. The number of hydrogen-bond donors (Lipinski definition) is 2. The Kier molecular flexibility index (Phi) is 4.13. The van der Waals surface area contributed by atoms with E-state index in [1.165, 1.54) is 0 Å². The van der Waals surface area contributed by atoms with Gasteiger partial charge in [0.05, 0.1) is 6.61 Å². The quantitative estimate of drug-likeness (QED) is 0.731. The van der Waals surface area contributed by atoms with E-state index in [1.54, 1.807) is 4.90 Å². The zero-order valence-corrected chi connectivity index (χ0v) is 10.3. The number of amides is 1. The van der Waals surface area contributed by atoms with E-state index >= 15 is 0 Å². The standard InChI is InChI=1S/C11H15N3O5/c15-6-5-13-1-3-14(4-2-13)10(16)8-7-9(11(17)18)19-12-8/h7,15H,1-6H2,(H,17,18). The zero-order valence-electron chi connectivity index (χ0n) is 10.3. The molecule has 2 heterocycles. The van der Waals surface area contributed by atoms with Crippen molar-refractivity contribution in [2.24, 2.45) is 0 Å². The molecule has 0 radical (unpaired) electrons. The van der Waals surface area contributed by atoms with Gasteiger partial charge in [0, 0.05) is 38.8 Å². The van der Waals surface area contributed by atoms with Crippen LogP contribution in [0.15, 0.2) is 10.6 Å². The highest BCUT2D eigenvalue weighted by Crippen LogP contribution is 2.09. The van der Waals surface area contributed by atoms with Crippen molar-refractivity contribution in [3.63, 3.8) is 0 Å². The predicted molar refractivity (Wildman–Crippen MR) is 62.9 cm³/mol. The Hall–Kier alpha value is -1.93. The molecule has 104 valence electrons. The van der Waals surface area contributed by atoms with Crippen molar-refractivity contribution < 1.29 is 24.3 Å². The molecule has 0 spiro atoms. The highest BCUT2D eigenvalue weighted by atomic mass is 16.5. The lowest BCUT2D eigenvalue weighted by atomic mass is 10.2. The molecule has 0 bridgehead atoms. The molecule has 0 unspecified atom stereocenters. The fourth-order valence-electron chi connectivity index (χ4n) is 1.95. The van der Waals surface area contributed by atoms with Gasteiger partial charge < -0.3 is 19.6 Å². The lowest BCUT2D eigenvalue weighted by Crippen LogP contribution is -2.49. The molecule has 1 aliphatic rings. The zero-order chi connectivity index (χ0) is 13.8. The largest absolute Gasteiger partial charge is 0.475 e. The van der Waals surface area contributed by atoms with Crippen LogP contribution in [0.5, 0.6) is 0 Å². The van der Waals surface area contributed by atoms with E-state index in [4.69, 9.17) is 10.2 Å². The number of β-amino-alcohol motifs (C(OH)–C–C–N with tert-alkyl or cyclic N) is 1. The van der Waals surface area contributed by atoms with Gasteiger partial charge in [-0.05, 0) is 0 Å². The second kappa shape index (κ2) is 5.81. The molecule has 1 fully saturated rings. The Balaban J connectivity index is 1.95. The normalized spacial score (nSPS) is 16.6. The summed E-state index contributed by atoms with van der Waals surface area (Å²) in [5.41, 5.74) is 0.00741. The van der Waals surface area contributed by atoms with Crippen LogP contribution in [0.2, 0.25) is 0 Å². The average Bonchev–Trinajstić information content (AvgIpc) is 2.89. The number of aromatic carboxylic acids is 1. The maximum Gasteiger partial charge on any atom is 0.374 e. The van der Waals surface area contributed by atoms with Gasteiger partial charge in [-0.25, -0.2) is 4.79 Å². The number of carbonyl (C=O) groups excluding carboxylic acids is 1. The number of carbonyl (C=O) groups is 2. The van der Waals surface area contributed by atoms with Gasteiger partial charge in [-0.3, -0.25) is 9.69 Å². The van der Waals surface area contributed by atoms with Gasteiger partial charge in [-0.2, -0.15) is 0 Å². The number of rotatable bonds is 4. The Morgan fingerprint density at radius 3 is 2.53 bits per heavy atom. The maximum absolute atomic E-state index is 12.0. The highest BCUT2D eigenvalue weighted by molar-refractivity contribution is 5.94. The Labute approximate surface area is 109 Å². The molecule has 2 N–H and O–H groups in total. The van der Waals surface area contributed by atoms with Gasteiger partial charge in [0.2, 0.25) is 5.76 Å². The summed E-state index contributed by atoms with van der Waals surface area (Å²) in [5, 5.41) is 21.0. The maximum atomic E-state index is 12.0. The van der Waals surface area contributed by atoms with E-state index in [-0.39, 0.29) is 24.0 Å². The molecular weight excluding hydrogens is 254 g/mol. The van der Waals surface area contributed by atoms with Crippen LogP contribution in [0.3, 0.4) is 0 Å². The number of aromatic nitrogens is 1. The molecule has 2 rings (SSSR count). The molecular formula is C11H15N3O5. The molecule has 1 saturated heterocycles. The van der Waals surface area contributed by atoms with Crippen molar-refractivity contribution in [3.05, 3.63) is 17.5 Å². The summed E-state index contributed by atoms with van der Waals surface area (Å²) in [6, 6.07) is 1.13. The van der Waals surface area contributed by atoms with Crippen LogP contribution < -0.4 is 0 Å². The summed E-state index contributed by atoms with van der Waals surface area (Å²) in [4.78, 5) is 26.3. The van der Waals surface area contributed by atoms with Crippen LogP contribution in [-0.2, 0) is 0 Å². The lowest BCUT2D eigenvalue weighted by molar-refractivity contribution is 0.0599. The topological polar surface area (TPSA) is 107 Å². The molecule has 1 aromatic heterocycles. The Morgan fingerprint density at radius 1 is 1.32 bits per heavy atom. The third-order valence-corrected chi connectivity index (χ3v) is 3.02. The molecule has 19 heavy (non-hydrogen) atoms. The monoisotopic (exact) mass is 269 g/mol. The van der Waals surface area contributed by atoms with Crippen LogP contribution in [0, 0.1) is 0 Å². The van der Waals surface area contributed by atoms with Gasteiger partial charge in [-0.1, -0.05) is 5.16 Å². The van der Waals surface area contributed by atoms with Crippen molar-refractivity contribution in [1.29, 1.82) is 0 Å². The minimum atomic E-state index is -1.25. The van der Waals surface area contributed by atoms with Crippen LogP contribution >= 0.6 is 0 Å². The fourth-order valence-corrected chi connectivity index (χ4v) is 1.95. The summed E-state index contributed by atoms with van der Waals surface area (Å²) in [6.45, 7) is 3.09. The number of piperazine rings is 1.